The molecule has 0 aromatic carbocycles. The number of aromatic nitrogens is 2. The number of carboxylic acids is 1. The number of halogens is 2. The third-order valence-corrected chi connectivity index (χ3v) is 1.04. The lowest BCUT2D eigenvalue weighted by molar-refractivity contribution is -0.255. The number of rotatable bonds is 2. The first-order valence-corrected chi connectivity index (χ1v) is 2.65. The summed E-state index contributed by atoms with van der Waals surface area (Å²) in [5, 5.41) is 13.1. The highest BCUT2D eigenvalue weighted by molar-refractivity contribution is 5.84. The van der Waals surface area contributed by atoms with Crippen molar-refractivity contribution in [2.45, 2.75) is 6.55 Å². The Bertz CT molecular complexity index is 271. The van der Waals surface area contributed by atoms with Gasteiger partial charge in [0.25, 0.3) is 0 Å². The number of carbonyl (C=O) groups excluding carboxylic acids is 1. The first-order valence-electron chi connectivity index (χ1n) is 2.65. The van der Waals surface area contributed by atoms with E-state index in [2.05, 4.69) is 5.10 Å². The summed E-state index contributed by atoms with van der Waals surface area (Å²) in [5.41, 5.74) is -0.356. The number of hydrogen-bond donors (Lipinski definition) is 0. The SMILES string of the molecule is O=C([O-])c1cnn(C(F)F)c1. The molecule has 11 heavy (non-hydrogen) atoms. The van der Waals surface area contributed by atoms with Crippen molar-refractivity contribution in [3.63, 3.8) is 0 Å². The Morgan fingerprint density at radius 3 is 2.64 bits per heavy atom. The second kappa shape index (κ2) is 2.65. The molecule has 0 atom stereocenters. The van der Waals surface area contributed by atoms with Crippen molar-refractivity contribution in [1.29, 1.82) is 0 Å². The van der Waals surface area contributed by atoms with Gasteiger partial charge in [-0.2, -0.15) is 13.9 Å². The number of aromatic carboxylic acids is 1. The molecule has 0 aliphatic rings. The molecule has 0 aliphatic carbocycles. The molecule has 1 aromatic heterocycles. The van der Waals surface area contributed by atoms with E-state index in [4.69, 9.17) is 0 Å². The average Bonchev–Trinajstić information content (AvgIpc) is 2.33. The number of carbonyl (C=O) groups is 1. The van der Waals surface area contributed by atoms with Gasteiger partial charge in [-0.1, -0.05) is 0 Å². The van der Waals surface area contributed by atoms with E-state index in [1.807, 2.05) is 0 Å². The number of nitrogens with zero attached hydrogens (tertiary/aromatic N) is 2. The zero-order valence-corrected chi connectivity index (χ0v) is 5.20. The maximum absolute atomic E-state index is 11.7. The fraction of sp³-hybridized carbons (Fsp3) is 0.200. The van der Waals surface area contributed by atoms with Gasteiger partial charge in [0.05, 0.1) is 12.2 Å². The highest BCUT2D eigenvalue weighted by Crippen LogP contribution is 2.08. The molecule has 0 radical (unpaired) electrons. The van der Waals surface area contributed by atoms with Gasteiger partial charge in [-0.3, -0.25) is 0 Å². The minimum atomic E-state index is -2.82. The van der Waals surface area contributed by atoms with Gasteiger partial charge in [0.2, 0.25) is 0 Å². The molecule has 0 unspecified atom stereocenters. The van der Waals surface area contributed by atoms with Crippen LogP contribution in [-0.4, -0.2) is 15.7 Å². The van der Waals surface area contributed by atoms with Crippen molar-refractivity contribution in [2.75, 3.05) is 0 Å². The lowest BCUT2D eigenvalue weighted by atomic mass is 10.4. The van der Waals surface area contributed by atoms with Crippen LogP contribution in [-0.2, 0) is 0 Å². The largest absolute Gasteiger partial charge is 0.545 e. The molecule has 1 rings (SSSR count). The monoisotopic (exact) mass is 161 g/mol. The summed E-state index contributed by atoms with van der Waals surface area (Å²) < 4.78 is 23.7. The van der Waals surface area contributed by atoms with E-state index in [1.54, 1.807) is 0 Å². The number of carboxylic acid groups (broad SMARTS) is 1. The van der Waals surface area contributed by atoms with Crippen molar-refractivity contribution >= 4 is 5.97 Å². The summed E-state index contributed by atoms with van der Waals surface area (Å²) in [7, 11) is 0. The first kappa shape index (κ1) is 7.64. The Balaban J connectivity index is 2.90. The molecule has 60 valence electrons. The third kappa shape index (κ3) is 1.51. The van der Waals surface area contributed by atoms with Gasteiger partial charge < -0.3 is 9.90 Å². The molecule has 0 bridgehead atoms. The molecule has 6 heteroatoms. The van der Waals surface area contributed by atoms with Gasteiger partial charge in [-0.05, 0) is 0 Å². The molecule has 0 saturated carbocycles. The quantitative estimate of drug-likeness (QED) is 0.595. The lowest BCUT2D eigenvalue weighted by Crippen LogP contribution is -2.21. The summed E-state index contributed by atoms with van der Waals surface area (Å²) in [5.74, 6) is -1.52. The van der Waals surface area contributed by atoms with Gasteiger partial charge in [-0.15, -0.1) is 0 Å². The van der Waals surface area contributed by atoms with E-state index in [1.165, 1.54) is 0 Å². The van der Waals surface area contributed by atoms with E-state index < -0.39 is 12.5 Å². The van der Waals surface area contributed by atoms with Crippen LogP contribution in [0.25, 0.3) is 0 Å². The van der Waals surface area contributed by atoms with Gasteiger partial charge in [0, 0.05) is 11.8 Å². The summed E-state index contributed by atoms with van der Waals surface area (Å²) in [4.78, 5) is 10.0. The van der Waals surface area contributed by atoms with Crippen LogP contribution in [0.3, 0.4) is 0 Å². The fourth-order valence-electron chi connectivity index (χ4n) is 0.550. The van der Waals surface area contributed by atoms with E-state index >= 15 is 0 Å². The maximum atomic E-state index is 11.7. The van der Waals surface area contributed by atoms with E-state index in [-0.39, 0.29) is 10.2 Å². The van der Waals surface area contributed by atoms with Gasteiger partial charge >= 0.3 is 6.55 Å². The Morgan fingerprint density at radius 1 is 1.73 bits per heavy atom. The summed E-state index contributed by atoms with van der Waals surface area (Å²) in [6.07, 6.45) is 1.52. The topological polar surface area (TPSA) is 57.9 Å². The normalized spacial score (nSPS) is 10.5. The highest BCUT2D eigenvalue weighted by atomic mass is 19.3. The van der Waals surface area contributed by atoms with Gasteiger partial charge in [0.15, 0.2) is 0 Å². The minimum absolute atomic E-state index is 0.241. The number of alkyl halides is 2. The molecule has 1 heterocycles. The molecule has 1 aromatic rings. The van der Waals surface area contributed by atoms with Crippen molar-refractivity contribution in [2.24, 2.45) is 0 Å². The third-order valence-electron chi connectivity index (χ3n) is 1.04. The minimum Gasteiger partial charge on any atom is -0.545 e. The summed E-state index contributed by atoms with van der Waals surface area (Å²) in [6, 6.07) is 0. The predicted octanol–water partition coefficient (Wildman–Crippen LogP) is -0.358. The summed E-state index contributed by atoms with van der Waals surface area (Å²) in [6.45, 7) is -2.82. The van der Waals surface area contributed by atoms with Crippen molar-refractivity contribution in [1.82, 2.24) is 9.78 Å². The lowest BCUT2D eigenvalue weighted by Gasteiger charge is -1.96. The molecular weight excluding hydrogens is 158 g/mol. The van der Waals surface area contributed by atoms with Crippen LogP contribution in [0.15, 0.2) is 12.4 Å². The molecule has 0 spiro atoms. The fourth-order valence-corrected chi connectivity index (χ4v) is 0.550. The number of hydrogen-bond acceptors (Lipinski definition) is 3. The zero-order chi connectivity index (χ0) is 8.43. The molecule has 0 aliphatic heterocycles. The van der Waals surface area contributed by atoms with E-state index in [9.17, 15) is 18.7 Å². The second-order valence-corrected chi connectivity index (χ2v) is 1.77. The molecule has 0 N–H and O–H groups in total. The van der Waals surface area contributed by atoms with Crippen molar-refractivity contribution in [3.05, 3.63) is 18.0 Å². The van der Waals surface area contributed by atoms with Crippen molar-refractivity contribution < 1.29 is 18.7 Å². The van der Waals surface area contributed by atoms with Crippen LogP contribution >= 0.6 is 0 Å². The van der Waals surface area contributed by atoms with E-state index in [0.29, 0.717) is 6.20 Å². The Kier molecular flexibility index (Phi) is 1.84. The zero-order valence-electron chi connectivity index (χ0n) is 5.20. The van der Waals surface area contributed by atoms with E-state index in [0.717, 1.165) is 6.20 Å². The maximum Gasteiger partial charge on any atom is 0.333 e. The molecule has 0 fully saturated rings. The van der Waals surface area contributed by atoms with Crippen molar-refractivity contribution in [3.8, 4) is 0 Å². The second-order valence-electron chi connectivity index (χ2n) is 1.77. The average molecular weight is 161 g/mol. The predicted molar refractivity (Wildman–Crippen MR) is 27.8 cm³/mol. The van der Waals surface area contributed by atoms with Crippen LogP contribution in [0.1, 0.15) is 16.9 Å². The van der Waals surface area contributed by atoms with Gasteiger partial charge in [0.1, 0.15) is 0 Å². The van der Waals surface area contributed by atoms with Crippen LogP contribution in [0, 0.1) is 0 Å². The van der Waals surface area contributed by atoms with Crippen LogP contribution in [0.5, 0.6) is 0 Å². The van der Waals surface area contributed by atoms with Crippen LogP contribution in [0.2, 0.25) is 0 Å². The molecule has 0 amide bonds. The van der Waals surface area contributed by atoms with Crippen LogP contribution < -0.4 is 5.11 Å². The molecule has 0 saturated heterocycles. The highest BCUT2D eigenvalue weighted by Gasteiger charge is 2.06. The Hall–Kier alpha value is -1.46. The molecular formula is C5H3F2N2O2-. The Labute approximate surface area is 60.1 Å². The summed E-state index contributed by atoms with van der Waals surface area (Å²) >= 11 is 0. The van der Waals surface area contributed by atoms with Gasteiger partial charge in [-0.25, -0.2) is 4.68 Å². The van der Waals surface area contributed by atoms with Crippen LogP contribution in [0.4, 0.5) is 8.78 Å². The molecule has 4 nitrogen and oxygen atoms in total. The first-order chi connectivity index (χ1) is 5.11. The standard InChI is InChI=1S/C5H4F2N2O2/c6-5(7)9-2-3(1-8-9)4(10)11/h1-2,5H,(H,10,11)/p-1. The Morgan fingerprint density at radius 2 is 2.36 bits per heavy atom. The smallest absolute Gasteiger partial charge is 0.333 e.